The molecule has 4 nitrogen and oxygen atoms in total. The highest BCUT2D eigenvalue weighted by molar-refractivity contribution is 6.01. The van der Waals surface area contributed by atoms with Crippen LogP contribution in [0, 0.1) is 6.92 Å². The minimum atomic E-state index is 0.0565. The highest BCUT2D eigenvalue weighted by Crippen LogP contribution is 2.25. The predicted molar refractivity (Wildman–Crippen MR) is 94.4 cm³/mol. The first kappa shape index (κ1) is 14.8. The summed E-state index contributed by atoms with van der Waals surface area (Å²) in [6, 6.07) is 17.8. The van der Waals surface area contributed by atoms with Gasteiger partial charge < -0.3 is 14.6 Å². The van der Waals surface area contributed by atoms with Gasteiger partial charge in [0, 0.05) is 23.9 Å². The highest BCUT2D eigenvalue weighted by Gasteiger charge is 2.30. The van der Waals surface area contributed by atoms with Crippen molar-refractivity contribution in [3.63, 3.8) is 0 Å². The number of hydrogen-bond donors (Lipinski definition) is 1. The van der Waals surface area contributed by atoms with E-state index in [0.717, 1.165) is 35.2 Å². The number of amides is 1. The Balaban J connectivity index is 1.50. The van der Waals surface area contributed by atoms with Crippen molar-refractivity contribution in [1.82, 2.24) is 9.88 Å². The van der Waals surface area contributed by atoms with Crippen LogP contribution in [-0.4, -0.2) is 35.0 Å². The molecule has 0 saturated carbocycles. The number of rotatable bonds is 3. The average Bonchev–Trinajstić information content (AvgIpc) is 3.21. The Labute approximate surface area is 141 Å². The van der Waals surface area contributed by atoms with Gasteiger partial charge in [0.15, 0.2) is 0 Å². The minimum absolute atomic E-state index is 0.0565. The van der Waals surface area contributed by atoms with Crippen molar-refractivity contribution in [2.45, 2.75) is 19.4 Å². The first-order valence-electron chi connectivity index (χ1n) is 8.30. The lowest BCUT2D eigenvalue weighted by Crippen LogP contribution is -2.31. The zero-order chi connectivity index (χ0) is 16.5. The number of carbonyl (C=O) groups excluding carboxylic acids is 1. The minimum Gasteiger partial charge on any atom is -0.489 e. The fourth-order valence-corrected chi connectivity index (χ4v) is 3.35. The molecule has 0 aliphatic carbocycles. The van der Waals surface area contributed by atoms with E-state index in [4.69, 9.17) is 4.74 Å². The van der Waals surface area contributed by atoms with E-state index in [1.54, 1.807) is 0 Å². The molecule has 1 fully saturated rings. The fourth-order valence-electron chi connectivity index (χ4n) is 3.35. The number of aryl methyl sites for hydroxylation is 1. The maximum Gasteiger partial charge on any atom is 0.270 e. The van der Waals surface area contributed by atoms with Crippen molar-refractivity contribution in [3.8, 4) is 5.75 Å². The summed E-state index contributed by atoms with van der Waals surface area (Å²) in [6.07, 6.45) is 0.918. The van der Waals surface area contributed by atoms with Gasteiger partial charge in [0.2, 0.25) is 0 Å². The van der Waals surface area contributed by atoms with Gasteiger partial charge in [-0.25, -0.2) is 0 Å². The Hall–Kier alpha value is -2.75. The van der Waals surface area contributed by atoms with Gasteiger partial charge >= 0.3 is 0 Å². The summed E-state index contributed by atoms with van der Waals surface area (Å²) in [7, 11) is 0. The summed E-state index contributed by atoms with van der Waals surface area (Å²) in [4.78, 5) is 18.0. The molecule has 0 bridgehead atoms. The molecule has 1 aliphatic rings. The van der Waals surface area contributed by atoms with Crippen LogP contribution in [0.2, 0.25) is 0 Å². The van der Waals surface area contributed by atoms with Crippen LogP contribution in [0.4, 0.5) is 0 Å². The largest absolute Gasteiger partial charge is 0.489 e. The third kappa shape index (κ3) is 2.64. The van der Waals surface area contributed by atoms with Gasteiger partial charge in [0.25, 0.3) is 5.91 Å². The van der Waals surface area contributed by atoms with Crippen LogP contribution in [0.15, 0.2) is 54.6 Å². The average molecular weight is 320 g/mol. The third-order valence-corrected chi connectivity index (χ3v) is 4.66. The smallest absolute Gasteiger partial charge is 0.270 e. The Morgan fingerprint density at radius 1 is 1.12 bits per heavy atom. The van der Waals surface area contributed by atoms with E-state index >= 15 is 0 Å². The summed E-state index contributed by atoms with van der Waals surface area (Å²) in [5, 5.41) is 1.11. The summed E-state index contributed by atoms with van der Waals surface area (Å²) in [5.74, 6) is 0.918. The van der Waals surface area contributed by atoms with Crippen molar-refractivity contribution < 1.29 is 9.53 Å². The highest BCUT2D eigenvalue weighted by atomic mass is 16.5. The van der Waals surface area contributed by atoms with Crippen LogP contribution in [0.1, 0.15) is 22.5 Å². The molecule has 4 heteroatoms. The molecule has 2 heterocycles. The molecule has 4 rings (SSSR count). The molecule has 0 spiro atoms. The summed E-state index contributed by atoms with van der Waals surface area (Å²) >= 11 is 0. The summed E-state index contributed by atoms with van der Waals surface area (Å²) in [6.45, 7) is 3.35. The van der Waals surface area contributed by atoms with Crippen molar-refractivity contribution in [2.75, 3.05) is 13.1 Å². The zero-order valence-electron chi connectivity index (χ0n) is 13.7. The Kier molecular flexibility index (Phi) is 3.73. The molecule has 1 N–H and O–H groups in total. The van der Waals surface area contributed by atoms with E-state index in [-0.39, 0.29) is 12.0 Å². The second kappa shape index (κ2) is 6.04. The van der Waals surface area contributed by atoms with Gasteiger partial charge in [-0.3, -0.25) is 4.79 Å². The van der Waals surface area contributed by atoms with Gasteiger partial charge in [0.05, 0.1) is 6.54 Å². The van der Waals surface area contributed by atoms with Gasteiger partial charge in [-0.1, -0.05) is 36.4 Å². The summed E-state index contributed by atoms with van der Waals surface area (Å²) in [5.41, 5.74) is 2.72. The van der Waals surface area contributed by atoms with Crippen LogP contribution in [0.3, 0.4) is 0 Å². The van der Waals surface area contributed by atoms with E-state index in [1.165, 1.54) is 0 Å². The molecular formula is C20H20N2O2. The number of nitrogens with one attached hydrogen (secondary N) is 1. The Bertz CT molecular complexity index is 870. The van der Waals surface area contributed by atoms with Crippen molar-refractivity contribution in [2.24, 2.45) is 0 Å². The molecule has 1 aromatic heterocycles. The van der Waals surface area contributed by atoms with Crippen LogP contribution in [-0.2, 0) is 0 Å². The number of carbonyl (C=O) groups is 1. The van der Waals surface area contributed by atoms with Gasteiger partial charge in [-0.15, -0.1) is 0 Å². The van der Waals surface area contributed by atoms with Crippen LogP contribution >= 0.6 is 0 Å². The van der Waals surface area contributed by atoms with E-state index in [9.17, 15) is 4.79 Å². The van der Waals surface area contributed by atoms with E-state index < -0.39 is 0 Å². The number of fused-ring (bicyclic) bond motifs is 1. The SMILES string of the molecule is Cc1c(C(=O)N2CCC(Oc3ccccc3)C2)[nH]c2ccccc12. The number of para-hydroxylation sites is 2. The molecule has 1 unspecified atom stereocenters. The lowest BCUT2D eigenvalue weighted by molar-refractivity contribution is 0.0767. The summed E-state index contributed by atoms with van der Waals surface area (Å²) < 4.78 is 5.98. The second-order valence-corrected chi connectivity index (χ2v) is 6.26. The van der Waals surface area contributed by atoms with Gasteiger partial charge in [0.1, 0.15) is 17.5 Å². The van der Waals surface area contributed by atoms with E-state index in [0.29, 0.717) is 12.2 Å². The number of benzene rings is 2. The quantitative estimate of drug-likeness (QED) is 0.798. The maximum absolute atomic E-state index is 12.9. The van der Waals surface area contributed by atoms with Gasteiger partial charge in [-0.2, -0.15) is 0 Å². The molecular weight excluding hydrogens is 300 g/mol. The molecule has 1 atom stereocenters. The van der Waals surface area contributed by atoms with E-state index in [1.807, 2.05) is 66.4 Å². The van der Waals surface area contributed by atoms with Crippen molar-refractivity contribution >= 4 is 16.8 Å². The van der Waals surface area contributed by atoms with E-state index in [2.05, 4.69) is 4.98 Å². The normalized spacial score (nSPS) is 17.4. The number of ether oxygens (including phenoxy) is 1. The molecule has 1 aliphatic heterocycles. The topological polar surface area (TPSA) is 45.3 Å². The number of H-pyrrole nitrogens is 1. The Morgan fingerprint density at radius 2 is 1.88 bits per heavy atom. The van der Waals surface area contributed by atoms with Crippen LogP contribution in [0.5, 0.6) is 5.75 Å². The van der Waals surface area contributed by atoms with Crippen molar-refractivity contribution in [3.05, 3.63) is 65.9 Å². The number of aromatic amines is 1. The lowest BCUT2D eigenvalue weighted by atomic mass is 10.1. The number of aromatic nitrogens is 1. The van der Waals surface area contributed by atoms with Crippen molar-refractivity contribution in [1.29, 1.82) is 0 Å². The lowest BCUT2D eigenvalue weighted by Gasteiger charge is -2.17. The maximum atomic E-state index is 12.9. The third-order valence-electron chi connectivity index (χ3n) is 4.66. The molecule has 122 valence electrons. The first-order valence-corrected chi connectivity index (χ1v) is 8.30. The second-order valence-electron chi connectivity index (χ2n) is 6.26. The number of hydrogen-bond acceptors (Lipinski definition) is 2. The molecule has 3 aromatic rings. The predicted octanol–water partition coefficient (Wildman–Crippen LogP) is 3.77. The fraction of sp³-hybridized carbons (Fsp3) is 0.250. The molecule has 1 saturated heterocycles. The molecule has 1 amide bonds. The molecule has 24 heavy (non-hydrogen) atoms. The number of nitrogens with zero attached hydrogens (tertiary/aromatic N) is 1. The van der Waals surface area contributed by atoms with Crippen LogP contribution < -0.4 is 4.74 Å². The molecule has 0 radical (unpaired) electrons. The zero-order valence-corrected chi connectivity index (χ0v) is 13.7. The van der Waals surface area contributed by atoms with Gasteiger partial charge in [-0.05, 0) is 30.7 Å². The monoisotopic (exact) mass is 320 g/mol. The Morgan fingerprint density at radius 3 is 2.67 bits per heavy atom. The van der Waals surface area contributed by atoms with Crippen LogP contribution in [0.25, 0.3) is 10.9 Å². The number of likely N-dealkylation sites (tertiary alicyclic amines) is 1. The first-order chi connectivity index (χ1) is 11.7. The molecule has 2 aromatic carbocycles. The standard InChI is InChI=1S/C20H20N2O2/c1-14-17-9-5-6-10-18(17)21-19(14)20(23)22-12-11-16(13-22)24-15-7-3-2-4-8-15/h2-10,16,21H,11-13H2,1H3.